The van der Waals surface area contributed by atoms with E-state index >= 15 is 0 Å². The van der Waals surface area contributed by atoms with Crippen molar-refractivity contribution in [1.82, 2.24) is 0 Å². The van der Waals surface area contributed by atoms with Crippen LogP contribution in [0.15, 0.2) is 23.3 Å². The third-order valence-electron chi connectivity index (χ3n) is 16.2. The monoisotopic (exact) mass is 572 g/mol. The van der Waals surface area contributed by atoms with Crippen LogP contribution in [0.1, 0.15) is 124 Å². The number of aliphatic hydroxyl groups is 1. The van der Waals surface area contributed by atoms with Gasteiger partial charge in [0.15, 0.2) is 5.78 Å². The molecular weight excluding hydrogens is 520 g/mol. The highest BCUT2D eigenvalue weighted by atomic mass is 16.3. The molecule has 0 heterocycles. The van der Waals surface area contributed by atoms with E-state index in [1.807, 2.05) is 6.08 Å². The van der Waals surface area contributed by atoms with Crippen LogP contribution in [0.5, 0.6) is 0 Å². The lowest BCUT2D eigenvalue weighted by Crippen LogP contribution is -2.53. The van der Waals surface area contributed by atoms with Gasteiger partial charge in [0.2, 0.25) is 0 Å². The lowest BCUT2D eigenvalue weighted by atomic mass is 9.46. The van der Waals surface area contributed by atoms with Crippen molar-refractivity contribution in [3.05, 3.63) is 23.3 Å². The van der Waals surface area contributed by atoms with Crippen molar-refractivity contribution in [2.45, 2.75) is 130 Å². The van der Waals surface area contributed by atoms with Crippen molar-refractivity contribution in [1.29, 1.82) is 0 Å². The van der Waals surface area contributed by atoms with Gasteiger partial charge >= 0.3 is 0 Å². The molecule has 0 aromatic rings. The third kappa shape index (κ3) is 3.43. The van der Waals surface area contributed by atoms with E-state index in [2.05, 4.69) is 33.8 Å². The van der Waals surface area contributed by atoms with E-state index in [1.165, 1.54) is 11.1 Å². The van der Waals surface area contributed by atoms with Crippen LogP contribution in [-0.4, -0.2) is 28.1 Å². The fraction of sp³-hybridized carbons (Fsp3) is 0.816. The largest absolute Gasteiger partial charge is 0.385 e. The number of carbonyl (C=O) groups is 3. The molecule has 0 unspecified atom stereocenters. The minimum absolute atomic E-state index is 0.0879. The lowest BCUT2D eigenvalue weighted by molar-refractivity contribution is -0.139. The van der Waals surface area contributed by atoms with Crippen molar-refractivity contribution in [2.75, 3.05) is 0 Å². The molecule has 0 aromatic carbocycles. The zero-order valence-electron chi connectivity index (χ0n) is 26.5. The number of rotatable bonds is 1. The SMILES string of the molecule is C[C@]12CC[C@@](O)([C@@H]3C[C@H]4[C@@H]5CCC6=CC(=O)CC[C@]6(C)[C@H]5CC[C@]4(C)C3=O)C=C1CC[C@@H]1[C@@H]2CC[C@]2(C)C(=O)CC[C@@H]12. The van der Waals surface area contributed by atoms with Gasteiger partial charge in [0.05, 0.1) is 11.5 Å². The van der Waals surface area contributed by atoms with Crippen LogP contribution in [0.25, 0.3) is 0 Å². The second-order valence-electron chi connectivity index (χ2n) is 17.5. The zero-order valence-corrected chi connectivity index (χ0v) is 26.5. The van der Waals surface area contributed by atoms with Crippen LogP contribution in [0.4, 0.5) is 0 Å². The summed E-state index contributed by atoms with van der Waals surface area (Å²) in [6, 6.07) is 0. The molecule has 0 saturated heterocycles. The Morgan fingerprint density at radius 2 is 1.24 bits per heavy atom. The minimum Gasteiger partial charge on any atom is -0.385 e. The highest BCUT2D eigenvalue weighted by Crippen LogP contribution is 2.69. The summed E-state index contributed by atoms with van der Waals surface area (Å²) in [7, 11) is 0. The van der Waals surface area contributed by atoms with Gasteiger partial charge in [-0.15, -0.1) is 0 Å². The standard InChI is InChI=1S/C38H52O4/c1-34-14-11-24(39)19-22(34)5-7-26-29(34)13-16-37(4)30(26)20-31(33(37)41)38(42)18-17-35(2)23(21-38)6-8-25-27-9-10-32(40)36(27,3)15-12-28(25)35/h19,21,25-31,42H,5-18,20H2,1-4H3/t25-,26+,27-,28-,29-,30-,31+,34-,35-,36-,37-,38-/m0/s1. The molecule has 8 rings (SSSR count). The number of hydrogen-bond donors (Lipinski definition) is 1. The Morgan fingerprint density at radius 3 is 1.98 bits per heavy atom. The second-order valence-corrected chi connectivity index (χ2v) is 17.5. The molecule has 4 heteroatoms. The molecule has 228 valence electrons. The molecule has 0 aromatic heterocycles. The lowest BCUT2D eigenvalue weighted by Gasteiger charge is -2.58. The molecule has 8 aliphatic rings. The molecule has 8 aliphatic carbocycles. The Morgan fingerprint density at radius 1 is 0.619 bits per heavy atom. The Balaban J connectivity index is 1.07. The Kier molecular flexibility index (Phi) is 5.85. The highest BCUT2D eigenvalue weighted by molar-refractivity contribution is 5.92. The number of allylic oxidation sites excluding steroid dienone is 2. The van der Waals surface area contributed by atoms with Crippen LogP contribution < -0.4 is 0 Å². The van der Waals surface area contributed by atoms with Gasteiger partial charge in [-0.2, -0.15) is 0 Å². The fourth-order valence-corrected chi connectivity index (χ4v) is 13.6. The van der Waals surface area contributed by atoms with E-state index in [4.69, 9.17) is 0 Å². The molecule has 0 amide bonds. The summed E-state index contributed by atoms with van der Waals surface area (Å²) in [5, 5.41) is 12.5. The maximum atomic E-state index is 14.4. The Bertz CT molecular complexity index is 1320. The Labute approximate surface area is 252 Å². The number of Topliss-reactive ketones (excluding diaryl/α,β-unsaturated/α-hetero) is 2. The van der Waals surface area contributed by atoms with Crippen LogP contribution in [0.3, 0.4) is 0 Å². The summed E-state index contributed by atoms with van der Waals surface area (Å²) in [6.07, 6.45) is 18.5. The topological polar surface area (TPSA) is 71.4 Å². The van der Waals surface area contributed by atoms with Crippen molar-refractivity contribution in [3.8, 4) is 0 Å². The summed E-state index contributed by atoms with van der Waals surface area (Å²) in [5.74, 6) is 4.00. The maximum absolute atomic E-state index is 14.4. The van der Waals surface area contributed by atoms with Gasteiger partial charge in [-0.1, -0.05) is 44.9 Å². The molecule has 0 spiro atoms. The van der Waals surface area contributed by atoms with Crippen molar-refractivity contribution < 1.29 is 19.5 Å². The highest BCUT2D eigenvalue weighted by Gasteiger charge is 2.66. The van der Waals surface area contributed by atoms with Gasteiger partial charge in [-0.05, 0) is 136 Å². The predicted octanol–water partition coefficient (Wildman–Crippen LogP) is 7.58. The summed E-state index contributed by atoms with van der Waals surface area (Å²) in [5.41, 5.74) is 1.52. The number of ketones is 3. The molecule has 12 atom stereocenters. The van der Waals surface area contributed by atoms with E-state index in [0.717, 1.165) is 83.5 Å². The first-order valence-electron chi connectivity index (χ1n) is 17.6. The quantitative estimate of drug-likeness (QED) is 0.329. The van der Waals surface area contributed by atoms with E-state index in [1.54, 1.807) is 0 Å². The Hall–Kier alpha value is -1.55. The van der Waals surface area contributed by atoms with Gasteiger partial charge in [0.25, 0.3) is 0 Å². The summed E-state index contributed by atoms with van der Waals surface area (Å²) in [6.45, 7) is 9.36. The zero-order chi connectivity index (χ0) is 29.4. The van der Waals surface area contributed by atoms with Crippen LogP contribution in [0, 0.1) is 63.1 Å². The van der Waals surface area contributed by atoms with E-state index in [-0.39, 0.29) is 27.6 Å². The molecule has 6 saturated carbocycles. The molecular formula is C38H52O4. The molecule has 0 bridgehead atoms. The van der Waals surface area contributed by atoms with Gasteiger partial charge in [0.1, 0.15) is 11.6 Å². The molecule has 1 N–H and O–H groups in total. The van der Waals surface area contributed by atoms with Crippen molar-refractivity contribution in [2.24, 2.45) is 63.1 Å². The number of hydrogen-bond acceptors (Lipinski definition) is 4. The molecule has 4 nitrogen and oxygen atoms in total. The number of carbonyl (C=O) groups excluding carboxylic acids is 3. The van der Waals surface area contributed by atoms with Crippen molar-refractivity contribution in [3.63, 3.8) is 0 Å². The minimum atomic E-state index is -1.03. The average molecular weight is 573 g/mol. The first-order valence-corrected chi connectivity index (χ1v) is 17.6. The third-order valence-corrected chi connectivity index (χ3v) is 16.2. The summed E-state index contributed by atoms with van der Waals surface area (Å²) in [4.78, 5) is 39.5. The molecule has 0 radical (unpaired) electrons. The smallest absolute Gasteiger partial charge is 0.155 e. The van der Waals surface area contributed by atoms with E-state index in [9.17, 15) is 19.5 Å². The maximum Gasteiger partial charge on any atom is 0.155 e. The average Bonchev–Trinajstić information content (AvgIpc) is 3.42. The van der Waals surface area contributed by atoms with E-state index in [0.29, 0.717) is 65.7 Å². The predicted molar refractivity (Wildman–Crippen MR) is 162 cm³/mol. The second kappa shape index (κ2) is 8.79. The number of fused-ring (bicyclic) bond motifs is 10. The van der Waals surface area contributed by atoms with Gasteiger partial charge in [0, 0.05) is 23.7 Å². The normalized spacial score (nSPS) is 55.0. The van der Waals surface area contributed by atoms with Gasteiger partial charge in [-0.3, -0.25) is 14.4 Å². The summed E-state index contributed by atoms with van der Waals surface area (Å²) >= 11 is 0. The molecule has 6 fully saturated rings. The van der Waals surface area contributed by atoms with Crippen LogP contribution in [-0.2, 0) is 14.4 Å². The fourth-order valence-electron chi connectivity index (χ4n) is 13.6. The van der Waals surface area contributed by atoms with E-state index < -0.39 is 5.60 Å². The first-order chi connectivity index (χ1) is 19.8. The first kappa shape index (κ1) is 28.0. The van der Waals surface area contributed by atoms with Crippen LogP contribution in [0.2, 0.25) is 0 Å². The van der Waals surface area contributed by atoms with Gasteiger partial charge in [-0.25, -0.2) is 0 Å². The van der Waals surface area contributed by atoms with Gasteiger partial charge < -0.3 is 5.11 Å². The van der Waals surface area contributed by atoms with Crippen LogP contribution >= 0.6 is 0 Å². The van der Waals surface area contributed by atoms with Crippen molar-refractivity contribution >= 4 is 17.3 Å². The molecule has 0 aliphatic heterocycles. The molecule has 42 heavy (non-hydrogen) atoms. The summed E-state index contributed by atoms with van der Waals surface area (Å²) < 4.78 is 0.